The average Bonchev–Trinajstić information content (AvgIpc) is 2.95. The summed E-state index contributed by atoms with van der Waals surface area (Å²) in [4.78, 5) is 5.61. The molecule has 1 aromatic heterocycles. The van der Waals surface area contributed by atoms with Crippen LogP contribution >= 0.6 is 35.1 Å². The summed E-state index contributed by atoms with van der Waals surface area (Å²) in [7, 11) is 0. The Hall–Kier alpha value is -0.690. The Morgan fingerprint density at radius 3 is 3.00 bits per heavy atom. The van der Waals surface area contributed by atoms with Gasteiger partial charge in [0.1, 0.15) is 0 Å². The van der Waals surface area contributed by atoms with Crippen LogP contribution in [0.5, 0.6) is 0 Å². The molecule has 1 unspecified atom stereocenters. The Bertz CT molecular complexity index is 570. The molecule has 0 aliphatic carbocycles. The van der Waals surface area contributed by atoms with Gasteiger partial charge in [0.05, 0.1) is 5.75 Å². The van der Waals surface area contributed by atoms with E-state index in [0.29, 0.717) is 11.8 Å². The van der Waals surface area contributed by atoms with Gasteiger partial charge in [-0.1, -0.05) is 16.8 Å². The molecule has 7 heteroatoms. The molecule has 0 saturated carbocycles. The summed E-state index contributed by atoms with van der Waals surface area (Å²) >= 11 is 9.52. The van der Waals surface area contributed by atoms with Gasteiger partial charge in [-0.2, -0.15) is 16.7 Å². The van der Waals surface area contributed by atoms with Crippen LogP contribution in [-0.2, 0) is 12.2 Å². The summed E-state index contributed by atoms with van der Waals surface area (Å²) in [5.74, 6) is 4.47. The van der Waals surface area contributed by atoms with Crippen LogP contribution in [0.2, 0.25) is 5.02 Å². The van der Waals surface area contributed by atoms with E-state index in [1.54, 1.807) is 11.8 Å². The molecule has 1 aliphatic rings. The zero-order valence-electron chi connectivity index (χ0n) is 11.4. The minimum atomic E-state index is 0.445. The lowest BCUT2D eigenvalue weighted by molar-refractivity contribution is 0.359. The van der Waals surface area contributed by atoms with Gasteiger partial charge in [0.2, 0.25) is 5.89 Å². The maximum atomic E-state index is 5.87. The first kappa shape index (κ1) is 15.2. The molecule has 2 aromatic rings. The van der Waals surface area contributed by atoms with Gasteiger partial charge in [-0.05, 0) is 24.3 Å². The van der Waals surface area contributed by atoms with Crippen LogP contribution < -0.4 is 5.32 Å². The number of thioether (sulfide) groups is 2. The van der Waals surface area contributed by atoms with E-state index >= 15 is 0 Å². The van der Waals surface area contributed by atoms with E-state index < -0.39 is 0 Å². The van der Waals surface area contributed by atoms with Crippen LogP contribution in [0.15, 0.2) is 33.7 Å². The van der Waals surface area contributed by atoms with Gasteiger partial charge < -0.3 is 9.84 Å². The number of halogens is 1. The second-order valence-electron chi connectivity index (χ2n) is 4.78. The Labute approximate surface area is 137 Å². The molecule has 1 saturated heterocycles. The number of nitrogens with one attached hydrogen (secondary N) is 1. The molecule has 1 atom stereocenters. The fraction of sp³-hybridized carbons (Fsp3) is 0.429. The minimum absolute atomic E-state index is 0.445. The highest BCUT2D eigenvalue weighted by Crippen LogP contribution is 2.23. The van der Waals surface area contributed by atoms with Crippen molar-refractivity contribution in [3.63, 3.8) is 0 Å². The monoisotopic (exact) mass is 341 g/mol. The summed E-state index contributed by atoms with van der Waals surface area (Å²) in [5, 5.41) is 8.27. The van der Waals surface area contributed by atoms with Crippen molar-refractivity contribution >= 4 is 35.1 Å². The van der Waals surface area contributed by atoms with E-state index in [2.05, 4.69) is 15.5 Å². The lowest BCUT2D eigenvalue weighted by Crippen LogP contribution is -2.38. The number of benzene rings is 1. The highest BCUT2D eigenvalue weighted by atomic mass is 35.5. The summed E-state index contributed by atoms with van der Waals surface area (Å²) in [6, 6.07) is 8.21. The van der Waals surface area contributed by atoms with Crippen LogP contribution in [0.3, 0.4) is 0 Å². The highest BCUT2D eigenvalue weighted by Gasteiger charge is 2.17. The predicted octanol–water partition coefficient (Wildman–Crippen LogP) is 3.26. The second-order valence-corrected chi connectivity index (χ2v) is 7.41. The lowest BCUT2D eigenvalue weighted by Gasteiger charge is -2.21. The first-order valence-corrected chi connectivity index (χ1v) is 9.32. The lowest BCUT2D eigenvalue weighted by atomic mass is 10.2. The maximum Gasteiger partial charge on any atom is 0.228 e. The van der Waals surface area contributed by atoms with Gasteiger partial charge in [-0.3, -0.25) is 0 Å². The molecule has 1 aromatic carbocycles. The number of aromatic nitrogens is 2. The van der Waals surface area contributed by atoms with E-state index in [1.165, 1.54) is 5.75 Å². The number of hydrogen-bond acceptors (Lipinski definition) is 6. The molecule has 0 spiro atoms. The molecule has 0 bridgehead atoms. The minimum Gasteiger partial charge on any atom is -0.339 e. The quantitative estimate of drug-likeness (QED) is 0.842. The summed E-state index contributed by atoms with van der Waals surface area (Å²) in [6.07, 6.45) is 0.811. The van der Waals surface area contributed by atoms with E-state index in [0.717, 1.165) is 40.4 Å². The predicted molar refractivity (Wildman–Crippen MR) is 88.1 cm³/mol. The highest BCUT2D eigenvalue weighted by molar-refractivity contribution is 7.99. The van der Waals surface area contributed by atoms with Crippen LogP contribution in [0.25, 0.3) is 0 Å². The Morgan fingerprint density at radius 2 is 2.24 bits per heavy atom. The van der Waals surface area contributed by atoms with E-state index in [1.807, 2.05) is 36.0 Å². The van der Waals surface area contributed by atoms with Gasteiger partial charge >= 0.3 is 0 Å². The first-order chi connectivity index (χ1) is 10.3. The molecule has 1 aliphatic heterocycles. The van der Waals surface area contributed by atoms with Gasteiger partial charge in [-0.25, -0.2) is 0 Å². The van der Waals surface area contributed by atoms with Crippen LogP contribution in [-0.4, -0.2) is 34.2 Å². The fourth-order valence-electron chi connectivity index (χ4n) is 2.07. The van der Waals surface area contributed by atoms with E-state index in [-0.39, 0.29) is 0 Å². The van der Waals surface area contributed by atoms with Crippen molar-refractivity contribution < 1.29 is 4.52 Å². The molecule has 21 heavy (non-hydrogen) atoms. The maximum absolute atomic E-state index is 5.87. The largest absolute Gasteiger partial charge is 0.339 e. The molecule has 0 amide bonds. The first-order valence-electron chi connectivity index (χ1n) is 6.80. The third kappa shape index (κ3) is 4.64. The molecule has 2 heterocycles. The average molecular weight is 342 g/mol. The molecule has 1 N–H and O–H groups in total. The summed E-state index contributed by atoms with van der Waals surface area (Å²) < 4.78 is 5.33. The number of nitrogens with zero attached hydrogens (tertiary/aromatic N) is 2. The Balaban J connectivity index is 1.51. The molecule has 112 valence electrons. The smallest absolute Gasteiger partial charge is 0.228 e. The summed E-state index contributed by atoms with van der Waals surface area (Å²) in [6.45, 7) is 1.06. The number of rotatable bonds is 5. The Kier molecular flexibility index (Phi) is 5.46. The van der Waals surface area contributed by atoms with Crippen molar-refractivity contribution in [3.05, 3.63) is 41.0 Å². The topological polar surface area (TPSA) is 51.0 Å². The van der Waals surface area contributed by atoms with E-state index in [9.17, 15) is 0 Å². The molecule has 1 fully saturated rings. The zero-order chi connectivity index (χ0) is 14.5. The normalized spacial score (nSPS) is 18.8. The second kappa shape index (κ2) is 7.54. The third-order valence-electron chi connectivity index (χ3n) is 3.11. The van der Waals surface area contributed by atoms with Crippen molar-refractivity contribution in [1.82, 2.24) is 15.5 Å². The Morgan fingerprint density at radius 1 is 1.38 bits per heavy atom. The van der Waals surface area contributed by atoms with Gasteiger partial charge in [0.15, 0.2) is 5.82 Å². The molecule has 4 nitrogen and oxygen atoms in total. The van der Waals surface area contributed by atoms with Crippen LogP contribution in [0.4, 0.5) is 0 Å². The molecule has 0 radical (unpaired) electrons. The van der Waals surface area contributed by atoms with Gasteiger partial charge in [0.25, 0.3) is 0 Å². The van der Waals surface area contributed by atoms with Crippen molar-refractivity contribution in [2.24, 2.45) is 0 Å². The molecule has 3 rings (SSSR count). The SMILES string of the molecule is Clc1ccc(SCc2noc(CC3CSCCN3)n2)cc1. The van der Waals surface area contributed by atoms with Crippen LogP contribution in [0, 0.1) is 0 Å². The standard InChI is InChI=1S/C14H16ClN3OS2/c15-10-1-3-12(4-2-10)21-9-13-17-14(19-18-13)7-11-8-20-6-5-16-11/h1-4,11,16H,5-9H2. The third-order valence-corrected chi connectivity index (χ3v) is 5.50. The zero-order valence-corrected chi connectivity index (χ0v) is 13.8. The van der Waals surface area contributed by atoms with Crippen molar-refractivity contribution in [1.29, 1.82) is 0 Å². The van der Waals surface area contributed by atoms with Gasteiger partial charge in [0, 0.05) is 40.4 Å². The van der Waals surface area contributed by atoms with E-state index in [4.69, 9.17) is 16.1 Å². The molecular weight excluding hydrogens is 326 g/mol. The number of hydrogen-bond donors (Lipinski definition) is 1. The fourth-order valence-corrected chi connectivity index (χ4v) is 3.89. The summed E-state index contributed by atoms with van der Waals surface area (Å²) in [5.41, 5.74) is 0. The van der Waals surface area contributed by atoms with Crippen molar-refractivity contribution in [2.75, 3.05) is 18.1 Å². The molecular formula is C14H16ClN3OS2. The van der Waals surface area contributed by atoms with Crippen molar-refractivity contribution in [2.45, 2.75) is 23.1 Å². The van der Waals surface area contributed by atoms with Crippen LogP contribution in [0.1, 0.15) is 11.7 Å². The van der Waals surface area contributed by atoms with Gasteiger partial charge in [-0.15, -0.1) is 11.8 Å². The van der Waals surface area contributed by atoms with Crippen molar-refractivity contribution in [3.8, 4) is 0 Å².